The Morgan fingerprint density at radius 3 is 2.60 bits per heavy atom. The minimum absolute atomic E-state index is 0.219. The molecule has 0 spiro atoms. The Balaban J connectivity index is 2.45. The van der Waals surface area contributed by atoms with Crippen LogP contribution in [0.3, 0.4) is 0 Å². The van der Waals surface area contributed by atoms with Gasteiger partial charge in [0.1, 0.15) is 0 Å². The first kappa shape index (κ1) is 12.0. The zero-order chi connectivity index (χ0) is 11.1. The highest BCUT2D eigenvalue weighted by molar-refractivity contribution is 5.19. The van der Waals surface area contributed by atoms with Crippen molar-refractivity contribution in [2.45, 2.75) is 38.2 Å². The van der Waals surface area contributed by atoms with E-state index in [-0.39, 0.29) is 12.0 Å². The van der Waals surface area contributed by atoms with Crippen LogP contribution in [0.5, 0.6) is 0 Å². The van der Waals surface area contributed by atoms with E-state index in [9.17, 15) is 5.11 Å². The molecular weight excluding hydrogens is 184 g/mol. The van der Waals surface area contributed by atoms with Crippen LogP contribution in [0.15, 0.2) is 43.0 Å². The Morgan fingerprint density at radius 2 is 2.00 bits per heavy atom. The smallest absolute Gasteiger partial charge is 0.0606 e. The molecule has 0 fully saturated rings. The Labute approximate surface area is 92.5 Å². The van der Waals surface area contributed by atoms with Gasteiger partial charge in [-0.15, -0.1) is 6.58 Å². The third-order valence-corrected chi connectivity index (χ3v) is 2.81. The molecule has 1 N–H and O–H groups in total. The molecule has 0 aromatic heterocycles. The van der Waals surface area contributed by atoms with Crippen LogP contribution in [0.25, 0.3) is 0 Å². The first-order valence-corrected chi connectivity index (χ1v) is 5.59. The van der Waals surface area contributed by atoms with Crippen LogP contribution < -0.4 is 0 Å². The van der Waals surface area contributed by atoms with Gasteiger partial charge >= 0.3 is 0 Å². The van der Waals surface area contributed by atoms with Crippen molar-refractivity contribution >= 4 is 0 Å². The molecule has 0 aliphatic rings. The van der Waals surface area contributed by atoms with Crippen molar-refractivity contribution in [3.63, 3.8) is 0 Å². The van der Waals surface area contributed by atoms with Gasteiger partial charge in [-0.1, -0.05) is 43.3 Å². The van der Waals surface area contributed by atoms with Gasteiger partial charge in [0, 0.05) is 5.92 Å². The molecule has 15 heavy (non-hydrogen) atoms. The van der Waals surface area contributed by atoms with E-state index in [1.54, 1.807) is 0 Å². The van der Waals surface area contributed by atoms with Crippen LogP contribution in [0, 0.1) is 0 Å². The van der Waals surface area contributed by atoms with Gasteiger partial charge in [-0.05, 0) is 24.8 Å². The molecular formula is C14H20O. The van der Waals surface area contributed by atoms with Gasteiger partial charge in [0.2, 0.25) is 0 Å². The van der Waals surface area contributed by atoms with Crippen molar-refractivity contribution in [3.8, 4) is 0 Å². The number of hydrogen-bond donors (Lipinski definition) is 1. The molecule has 1 aromatic carbocycles. The normalized spacial score (nSPS) is 14.5. The molecule has 0 saturated heterocycles. The van der Waals surface area contributed by atoms with E-state index in [1.807, 2.05) is 24.3 Å². The molecule has 2 unspecified atom stereocenters. The summed E-state index contributed by atoms with van der Waals surface area (Å²) in [5, 5.41) is 9.96. The first-order valence-electron chi connectivity index (χ1n) is 5.59. The molecule has 0 bridgehead atoms. The standard InChI is InChI=1S/C14H20O/c1-3-4-6-11-14(15)12(2)13-9-7-5-8-10-13/h3,5,7-10,12,14-15H,1,4,6,11H2,2H3. The number of hydrogen-bond acceptors (Lipinski definition) is 1. The third-order valence-electron chi connectivity index (χ3n) is 2.81. The number of aliphatic hydroxyl groups is 1. The van der Waals surface area contributed by atoms with Crippen molar-refractivity contribution in [1.29, 1.82) is 0 Å². The Morgan fingerprint density at radius 1 is 1.33 bits per heavy atom. The van der Waals surface area contributed by atoms with Gasteiger partial charge in [-0.2, -0.15) is 0 Å². The summed E-state index contributed by atoms with van der Waals surface area (Å²) in [4.78, 5) is 0. The zero-order valence-electron chi connectivity index (χ0n) is 9.39. The van der Waals surface area contributed by atoms with E-state index in [0.717, 1.165) is 19.3 Å². The lowest BCUT2D eigenvalue weighted by atomic mass is 9.92. The van der Waals surface area contributed by atoms with Crippen molar-refractivity contribution in [2.24, 2.45) is 0 Å². The summed E-state index contributed by atoms with van der Waals surface area (Å²) in [5.41, 5.74) is 1.21. The molecule has 1 nitrogen and oxygen atoms in total. The van der Waals surface area contributed by atoms with Gasteiger partial charge < -0.3 is 5.11 Å². The van der Waals surface area contributed by atoms with Gasteiger partial charge in [-0.3, -0.25) is 0 Å². The average Bonchev–Trinajstić information content (AvgIpc) is 2.29. The quantitative estimate of drug-likeness (QED) is 0.555. The molecule has 0 saturated carbocycles. The third kappa shape index (κ3) is 3.88. The van der Waals surface area contributed by atoms with Crippen molar-refractivity contribution in [2.75, 3.05) is 0 Å². The van der Waals surface area contributed by atoms with Gasteiger partial charge in [-0.25, -0.2) is 0 Å². The SMILES string of the molecule is C=CCCCC(O)C(C)c1ccccc1. The molecule has 82 valence electrons. The number of allylic oxidation sites excluding steroid dienone is 1. The van der Waals surface area contributed by atoms with E-state index in [4.69, 9.17) is 0 Å². The lowest BCUT2D eigenvalue weighted by molar-refractivity contribution is 0.137. The molecule has 1 heteroatoms. The van der Waals surface area contributed by atoms with Crippen LogP contribution >= 0.6 is 0 Å². The molecule has 0 aliphatic carbocycles. The van der Waals surface area contributed by atoms with Crippen molar-refractivity contribution in [1.82, 2.24) is 0 Å². The van der Waals surface area contributed by atoms with Gasteiger partial charge in [0.25, 0.3) is 0 Å². The minimum Gasteiger partial charge on any atom is -0.393 e. The van der Waals surface area contributed by atoms with E-state index in [2.05, 4.69) is 25.6 Å². The van der Waals surface area contributed by atoms with Crippen LogP contribution in [0.4, 0.5) is 0 Å². The highest BCUT2D eigenvalue weighted by Gasteiger charge is 2.14. The second kappa shape index (κ2) is 6.41. The maximum Gasteiger partial charge on any atom is 0.0606 e. The van der Waals surface area contributed by atoms with Crippen molar-refractivity contribution < 1.29 is 5.11 Å². The summed E-state index contributed by atoms with van der Waals surface area (Å²) in [6.45, 7) is 5.76. The van der Waals surface area contributed by atoms with Crippen molar-refractivity contribution in [3.05, 3.63) is 48.6 Å². The van der Waals surface area contributed by atoms with E-state index < -0.39 is 0 Å². The average molecular weight is 204 g/mol. The fourth-order valence-corrected chi connectivity index (χ4v) is 1.70. The van der Waals surface area contributed by atoms with E-state index in [1.165, 1.54) is 5.56 Å². The van der Waals surface area contributed by atoms with Gasteiger partial charge in [0.15, 0.2) is 0 Å². The van der Waals surface area contributed by atoms with Crippen LogP contribution in [0.1, 0.15) is 37.7 Å². The largest absolute Gasteiger partial charge is 0.393 e. The molecule has 1 aromatic rings. The lowest BCUT2D eigenvalue weighted by Crippen LogP contribution is -2.15. The Hall–Kier alpha value is -1.08. The zero-order valence-corrected chi connectivity index (χ0v) is 9.39. The molecule has 0 amide bonds. The molecule has 0 heterocycles. The summed E-state index contributed by atoms with van der Waals surface area (Å²) in [6, 6.07) is 10.2. The highest BCUT2D eigenvalue weighted by Crippen LogP contribution is 2.22. The van der Waals surface area contributed by atoms with Crippen LogP contribution in [-0.2, 0) is 0 Å². The maximum atomic E-state index is 9.96. The second-order valence-corrected chi connectivity index (χ2v) is 3.99. The second-order valence-electron chi connectivity index (χ2n) is 3.99. The van der Waals surface area contributed by atoms with Crippen LogP contribution in [0.2, 0.25) is 0 Å². The van der Waals surface area contributed by atoms with E-state index in [0.29, 0.717) is 0 Å². The Bertz CT molecular complexity index is 279. The first-order chi connectivity index (χ1) is 7.25. The lowest BCUT2D eigenvalue weighted by Gasteiger charge is -2.18. The summed E-state index contributed by atoms with van der Waals surface area (Å²) >= 11 is 0. The predicted molar refractivity (Wildman–Crippen MR) is 64.9 cm³/mol. The molecule has 2 atom stereocenters. The Kier molecular flexibility index (Phi) is 5.13. The molecule has 0 aliphatic heterocycles. The monoisotopic (exact) mass is 204 g/mol. The minimum atomic E-state index is -0.243. The number of rotatable bonds is 6. The van der Waals surface area contributed by atoms with E-state index >= 15 is 0 Å². The molecule has 1 rings (SSSR count). The fourth-order valence-electron chi connectivity index (χ4n) is 1.70. The molecule has 0 radical (unpaired) electrons. The number of aliphatic hydroxyl groups excluding tert-OH is 1. The number of unbranched alkanes of at least 4 members (excludes halogenated alkanes) is 1. The predicted octanol–water partition coefficient (Wildman–Crippen LogP) is 3.51. The van der Waals surface area contributed by atoms with Gasteiger partial charge in [0.05, 0.1) is 6.10 Å². The maximum absolute atomic E-state index is 9.96. The van der Waals surface area contributed by atoms with Crippen LogP contribution in [-0.4, -0.2) is 11.2 Å². The highest BCUT2D eigenvalue weighted by atomic mass is 16.3. The fraction of sp³-hybridized carbons (Fsp3) is 0.429. The topological polar surface area (TPSA) is 20.2 Å². The summed E-state index contributed by atoms with van der Waals surface area (Å²) in [6.07, 6.45) is 4.51. The summed E-state index contributed by atoms with van der Waals surface area (Å²) in [5.74, 6) is 0.219. The number of benzene rings is 1. The summed E-state index contributed by atoms with van der Waals surface area (Å²) in [7, 11) is 0. The summed E-state index contributed by atoms with van der Waals surface area (Å²) < 4.78 is 0.